The molecule has 1 aromatic carbocycles. The van der Waals surface area contributed by atoms with E-state index in [0.29, 0.717) is 13.2 Å². The average Bonchev–Trinajstić information content (AvgIpc) is 2.66. The van der Waals surface area contributed by atoms with Crippen molar-refractivity contribution in [1.82, 2.24) is 5.32 Å². The molecule has 1 amide bonds. The van der Waals surface area contributed by atoms with Crippen molar-refractivity contribution in [3.63, 3.8) is 0 Å². The second-order valence-electron chi connectivity index (χ2n) is 3.27. The first-order valence-corrected chi connectivity index (χ1v) is 4.96. The summed E-state index contributed by atoms with van der Waals surface area (Å²) in [6.45, 7) is 2.90. The average molecular weight is 207 g/mol. The third-order valence-electron chi connectivity index (χ3n) is 2.27. The van der Waals surface area contributed by atoms with Crippen molar-refractivity contribution in [3.8, 4) is 5.75 Å². The van der Waals surface area contributed by atoms with Gasteiger partial charge in [0.25, 0.3) is 0 Å². The minimum atomic E-state index is -0.369. The molecule has 1 saturated heterocycles. The van der Waals surface area contributed by atoms with Gasteiger partial charge in [0.1, 0.15) is 12.4 Å². The Morgan fingerprint density at radius 1 is 1.53 bits per heavy atom. The fraction of sp³-hybridized carbons (Fsp3) is 0.364. The molecule has 2 rings (SSSR count). The first-order chi connectivity index (χ1) is 7.31. The van der Waals surface area contributed by atoms with E-state index in [1.807, 2.05) is 31.2 Å². The lowest BCUT2D eigenvalue weighted by molar-refractivity contribution is 0.176. The molecule has 1 aromatic rings. The maximum absolute atomic E-state index is 10.9. The first kappa shape index (κ1) is 9.83. The molecule has 0 aromatic heterocycles. The van der Waals surface area contributed by atoms with Crippen LogP contribution in [0.25, 0.3) is 0 Å². The van der Waals surface area contributed by atoms with E-state index in [4.69, 9.17) is 9.47 Å². The third kappa shape index (κ3) is 2.03. The molecule has 0 radical (unpaired) electrons. The van der Waals surface area contributed by atoms with Crippen molar-refractivity contribution in [2.45, 2.75) is 13.0 Å². The molecular formula is C11H13NO3. The van der Waals surface area contributed by atoms with Gasteiger partial charge >= 0.3 is 6.09 Å². The monoisotopic (exact) mass is 207 g/mol. The Morgan fingerprint density at radius 3 is 3.00 bits per heavy atom. The SMILES string of the molecule is CCOc1ccccc1C1COC(=O)N1. The summed E-state index contributed by atoms with van der Waals surface area (Å²) >= 11 is 0. The summed E-state index contributed by atoms with van der Waals surface area (Å²) in [5.74, 6) is 0.802. The quantitative estimate of drug-likeness (QED) is 0.823. The largest absolute Gasteiger partial charge is 0.494 e. The van der Waals surface area contributed by atoms with Gasteiger partial charge in [0.2, 0.25) is 0 Å². The van der Waals surface area contributed by atoms with E-state index in [-0.39, 0.29) is 12.1 Å². The molecule has 1 aliphatic heterocycles. The van der Waals surface area contributed by atoms with Crippen LogP contribution in [0.2, 0.25) is 0 Å². The van der Waals surface area contributed by atoms with Gasteiger partial charge < -0.3 is 14.8 Å². The van der Waals surface area contributed by atoms with E-state index >= 15 is 0 Å². The van der Waals surface area contributed by atoms with Crippen LogP contribution in [0.3, 0.4) is 0 Å². The summed E-state index contributed by atoms with van der Waals surface area (Å²) < 4.78 is 10.3. The second-order valence-corrected chi connectivity index (χ2v) is 3.27. The Kier molecular flexibility index (Phi) is 2.76. The van der Waals surface area contributed by atoms with E-state index in [2.05, 4.69) is 5.32 Å². The van der Waals surface area contributed by atoms with Gasteiger partial charge in [-0.2, -0.15) is 0 Å². The molecule has 15 heavy (non-hydrogen) atoms. The van der Waals surface area contributed by atoms with Gasteiger partial charge in [-0.1, -0.05) is 18.2 Å². The second kappa shape index (κ2) is 4.21. The fourth-order valence-corrected chi connectivity index (χ4v) is 1.61. The molecule has 4 nitrogen and oxygen atoms in total. The highest BCUT2D eigenvalue weighted by molar-refractivity contribution is 5.70. The van der Waals surface area contributed by atoms with Crippen molar-refractivity contribution < 1.29 is 14.3 Å². The highest BCUT2D eigenvalue weighted by Gasteiger charge is 2.25. The number of amides is 1. The van der Waals surface area contributed by atoms with Crippen molar-refractivity contribution >= 4 is 6.09 Å². The summed E-state index contributed by atoms with van der Waals surface area (Å²) in [5.41, 5.74) is 0.963. The number of carbonyl (C=O) groups is 1. The standard InChI is InChI=1S/C11H13NO3/c1-2-14-10-6-4-3-5-8(10)9-7-15-11(13)12-9/h3-6,9H,2,7H2,1H3,(H,12,13). The zero-order valence-corrected chi connectivity index (χ0v) is 8.53. The van der Waals surface area contributed by atoms with Gasteiger partial charge in [0.05, 0.1) is 12.6 Å². The van der Waals surface area contributed by atoms with Crippen LogP contribution in [-0.4, -0.2) is 19.3 Å². The summed E-state index contributed by atoms with van der Waals surface area (Å²) in [6, 6.07) is 7.56. The van der Waals surface area contributed by atoms with E-state index in [1.165, 1.54) is 0 Å². The molecule has 4 heteroatoms. The molecule has 80 valence electrons. The molecule has 1 heterocycles. The van der Waals surface area contributed by atoms with Crippen LogP contribution in [0.15, 0.2) is 24.3 Å². The van der Waals surface area contributed by atoms with Crippen LogP contribution in [0.5, 0.6) is 5.75 Å². The molecule has 1 N–H and O–H groups in total. The van der Waals surface area contributed by atoms with Crippen LogP contribution < -0.4 is 10.1 Å². The number of carbonyl (C=O) groups excluding carboxylic acids is 1. The summed E-state index contributed by atoms with van der Waals surface area (Å²) in [7, 11) is 0. The van der Waals surface area contributed by atoms with Crippen molar-refractivity contribution in [1.29, 1.82) is 0 Å². The molecule has 1 aliphatic rings. The van der Waals surface area contributed by atoms with Gasteiger partial charge in [0.15, 0.2) is 0 Å². The molecule has 0 bridgehead atoms. The number of cyclic esters (lactones) is 1. The third-order valence-corrected chi connectivity index (χ3v) is 2.27. The zero-order chi connectivity index (χ0) is 10.7. The molecule has 1 unspecified atom stereocenters. The molecular weight excluding hydrogens is 194 g/mol. The van der Waals surface area contributed by atoms with Crippen molar-refractivity contribution in [2.75, 3.05) is 13.2 Å². The van der Waals surface area contributed by atoms with Crippen LogP contribution >= 0.6 is 0 Å². The van der Waals surface area contributed by atoms with Gasteiger partial charge in [-0.15, -0.1) is 0 Å². The topological polar surface area (TPSA) is 47.6 Å². The molecule has 1 atom stereocenters. The Balaban J connectivity index is 2.22. The number of para-hydroxylation sites is 1. The van der Waals surface area contributed by atoms with Crippen LogP contribution in [0.1, 0.15) is 18.5 Å². The molecule has 0 spiro atoms. The van der Waals surface area contributed by atoms with Crippen LogP contribution in [-0.2, 0) is 4.74 Å². The zero-order valence-electron chi connectivity index (χ0n) is 8.53. The molecule has 0 aliphatic carbocycles. The minimum Gasteiger partial charge on any atom is -0.494 e. The maximum Gasteiger partial charge on any atom is 0.407 e. The lowest BCUT2D eigenvalue weighted by atomic mass is 10.1. The minimum absolute atomic E-state index is 0.0970. The number of alkyl carbamates (subject to hydrolysis) is 1. The van der Waals surface area contributed by atoms with Gasteiger partial charge in [-0.05, 0) is 13.0 Å². The normalized spacial score (nSPS) is 19.5. The number of nitrogens with one attached hydrogen (secondary N) is 1. The number of ether oxygens (including phenoxy) is 2. The number of benzene rings is 1. The van der Waals surface area contributed by atoms with Crippen molar-refractivity contribution in [2.24, 2.45) is 0 Å². The number of hydrogen-bond acceptors (Lipinski definition) is 3. The van der Waals surface area contributed by atoms with Gasteiger partial charge in [0, 0.05) is 5.56 Å². The first-order valence-electron chi connectivity index (χ1n) is 4.96. The smallest absolute Gasteiger partial charge is 0.407 e. The Labute approximate surface area is 88.2 Å². The summed E-state index contributed by atoms with van der Waals surface area (Å²) in [4.78, 5) is 10.9. The van der Waals surface area contributed by atoms with E-state index in [9.17, 15) is 4.79 Å². The van der Waals surface area contributed by atoms with Gasteiger partial charge in [-0.25, -0.2) is 4.79 Å². The highest BCUT2D eigenvalue weighted by atomic mass is 16.6. The Bertz CT molecular complexity index is 365. The maximum atomic E-state index is 10.9. The van der Waals surface area contributed by atoms with Gasteiger partial charge in [-0.3, -0.25) is 0 Å². The summed E-state index contributed by atoms with van der Waals surface area (Å²) in [6.07, 6.45) is -0.369. The van der Waals surface area contributed by atoms with E-state index in [1.54, 1.807) is 0 Å². The predicted octanol–water partition coefficient (Wildman–Crippen LogP) is 1.87. The number of hydrogen-bond donors (Lipinski definition) is 1. The predicted molar refractivity (Wildman–Crippen MR) is 54.8 cm³/mol. The Morgan fingerprint density at radius 2 is 2.33 bits per heavy atom. The van der Waals surface area contributed by atoms with Crippen LogP contribution in [0.4, 0.5) is 4.79 Å². The van der Waals surface area contributed by atoms with E-state index < -0.39 is 0 Å². The van der Waals surface area contributed by atoms with Crippen LogP contribution in [0, 0.1) is 0 Å². The fourth-order valence-electron chi connectivity index (χ4n) is 1.61. The van der Waals surface area contributed by atoms with Crippen molar-refractivity contribution in [3.05, 3.63) is 29.8 Å². The Hall–Kier alpha value is -1.71. The lowest BCUT2D eigenvalue weighted by Gasteiger charge is -2.13. The number of rotatable bonds is 3. The molecule has 0 saturated carbocycles. The summed E-state index contributed by atoms with van der Waals surface area (Å²) in [5, 5.41) is 2.73. The van der Waals surface area contributed by atoms with E-state index in [0.717, 1.165) is 11.3 Å². The highest BCUT2D eigenvalue weighted by Crippen LogP contribution is 2.27. The molecule has 1 fully saturated rings. The lowest BCUT2D eigenvalue weighted by Crippen LogP contribution is -2.19.